The van der Waals surface area contributed by atoms with E-state index < -0.39 is 6.04 Å². The number of rotatable bonds is 13. The van der Waals surface area contributed by atoms with E-state index in [4.69, 9.17) is 16.3 Å². The zero-order valence-corrected chi connectivity index (χ0v) is 21.8. The molecule has 6 heteroatoms. The smallest absolute Gasteiger partial charge is 0.243 e. The van der Waals surface area contributed by atoms with Crippen LogP contribution in [0, 0.1) is 5.92 Å². The van der Waals surface area contributed by atoms with E-state index in [1.54, 1.807) is 11.0 Å². The second-order valence-corrected chi connectivity index (χ2v) is 9.63. The first-order chi connectivity index (χ1) is 17.4. The van der Waals surface area contributed by atoms with Crippen LogP contribution >= 0.6 is 11.6 Å². The molecule has 0 aliphatic heterocycles. The van der Waals surface area contributed by atoms with E-state index in [9.17, 15) is 9.59 Å². The van der Waals surface area contributed by atoms with E-state index in [0.29, 0.717) is 36.9 Å². The molecule has 0 unspecified atom stereocenters. The molecule has 0 spiro atoms. The summed E-state index contributed by atoms with van der Waals surface area (Å²) in [5.41, 5.74) is 1.80. The number of amides is 2. The van der Waals surface area contributed by atoms with Crippen LogP contribution in [0.2, 0.25) is 5.02 Å². The maximum atomic E-state index is 13.6. The molecule has 3 aromatic carbocycles. The number of hydrogen-bond acceptors (Lipinski definition) is 3. The van der Waals surface area contributed by atoms with Crippen LogP contribution in [0.3, 0.4) is 0 Å². The molecule has 3 rings (SSSR count). The second kappa shape index (κ2) is 14.3. The predicted octanol–water partition coefficient (Wildman–Crippen LogP) is 5.91. The largest absolute Gasteiger partial charge is 0.494 e. The van der Waals surface area contributed by atoms with Crippen molar-refractivity contribution in [3.05, 3.63) is 101 Å². The number of nitrogens with zero attached hydrogens (tertiary/aromatic N) is 1. The van der Waals surface area contributed by atoms with Crippen LogP contribution in [-0.4, -0.2) is 35.9 Å². The third kappa shape index (κ3) is 8.72. The van der Waals surface area contributed by atoms with Crippen LogP contribution in [0.15, 0.2) is 84.9 Å². The van der Waals surface area contributed by atoms with Crippen molar-refractivity contribution in [3.8, 4) is 5.75 Å². The molecule has 1 N–H and O–H groups in total. The summed E-state index contributed by atoms with van der Waals surface area (Å²) >= 11 is 6.46. The summed E-state index contributed by atoms with van der Waals surface area (Å²) in [7, 11) is 0. The molecule has 0 aliphatic rings. The zero-order valence-electron chi connectivity index (χ0n) is 21.0. The van der Waals surface area contributed by atoms with Crippen molar-refractivity contribution in [2.75, 3.05) is 13.2 Å². The minimum Gasteiger partial charge on any atom is -0.494 e. The fourth-order valence-corrected chi connectivity index (χ4v) is 4.06. The van der Waals surface area contributed by atoms with Crippen molar-refractivity contribution >= 4 is 23.4 Å². The Morgan fingerprint density at radius 2 is 1.56 bits per heavy atom. The number of para-hydroxylation sites is 1. The van der Waals surface area contributed by atoms with E-state index >= 15 is 0 Å². The van der Waals surface area contributed by atoms with Crippen LogP contribution in [0.4, 0.5) is 0 Å². The van der Waals surface area contributed by atoms with E-state index in [-0.39, 0.29) is 24.8 Å². The van der Waals surface area contributed by atoms with Crippen LogP contribution in [-0.2, 0) is 22.6 Å². The Kier molecular flexibility index (Phi) is 10.8. The predicted molar refractivity (Wildman–Crippen MR) is 145 cm³/mol. The molecule has 0 aliphatic carbocycles. The molecule has 5 nitrogen and oxygen atoms in total. The Morgan fingerprint density at radius 3 is 2.22 bits per heavy atom. The highest BCUT2D eigenvalue weighted by Crippen LogP contribution is 2.21. The van der Waals surface area contributed by atoms with E-state index in [0.717, 1.165) is 16.9 Å². The number of ether oxygens (including phenoxy) is 1. The molecule has 190 valence electrons. The van der Waals surface area contributed by atoms with Gasteiger partial charge in [-0.15, -0.1) is 0 Å². The van der Waals surface area contributed by atoms with Gasteiger partial charge in [0.2, 0.25) is 11.8 Å². The van der Waals surface area contributed by atoms with Crippen LogP contribution in [0.5, 0.6) is 5.75 Å². The van der Waals surface area contributed by atoms with Crippen molar-refractivity contribution in [2.45, 2.75) is 45.7 Å². The summed E-state index contributed by atoms with van der Waals surface area (Å²) in [5.74, 6) is 0.808. The maximum Gasteiger partial charge on any atom is 0.243 e. The molecule has 0 radical (unpaired) electrons. The molecule has 0 aromatic heterocycles. The maximum absolute atomic E-state index is 13.6. The Bertz CT molecular complexity index is 1090. The highest BCUT2D eigenvalue weighted by Gasteiger charge is 2.30. The summed E-state index contributed by atoms with van der Waals surface area (Å²) < 4.78 is 5.77. The Labute approximate surface area is 219 Å². The summed E-state index contributed by atoms with van der Waals surface area (Å²) in [6.07, 6.45) is 1.22. The van der Waals surface area contributed by atoms with Gasteiger partial charge in [-0.25, -0.2) is 0 Å². The first kappa shape index (κ1) is 27.3. The molecule has 0 saturated carbocycles. The lowest BCUT2D eigenvalue weighted by Gasteiger charge is -2.32. The number of carbonyl (C=O) groups excluding carboxylic acids is 2. The second-order valence-electron chi connectivity index (χ2n) is 9.22. The number of carbonyl (C=O) groups is 2. The quantitative estimate of drug-likeness (QED) is 0.293. The molecule has 2 amide bonds. The van der Waals surface area contributed by atoms with Crippen molar-refractivity contribution in [2.24, 2.45) is 5.92 Å². The van der Waals surface area contributed by atoms with Gasteiger partial charge in [0.25, 0.3) is 0 Å². The van der Waals surface area contributed by atoms with E-state index in [2.05, 4.69) is 5.32 Å². The van der Waals surface area contributed by atoms with E-state index in [1.165, 1.54) is 0 Å². The van der Waals surface area contributed by atoms with Crippen molar-refractivity contribution in [3.63, 3.8) is 0 Å². The van der Waals surface area contributed by atoms with Gasteiger partial charge >= 0.3 is 0 Å². The monoisotopic (exact) mass is 506 g/mol. The standard InChI is InChI=1S/C30H35ClN2O3/c1-23(2)21-32-30(35)28(20-24-12-5-3-6-13-24)33(22-25-14-9-10-17-27(25)31)29(34)18-11-19-36-26-15-7-4-8-16-26/h3-10,12-17,23,28H,11,18-22H2,1-2H3,(H,32,35)/t28-/m1/s1. The molecular weight excluding hydrogens is 472 g/mol. The Morgan fingerprint density at radius 1 is 0.917 bits per heavy atom. The minimum atomic E-state index is -0.662. The number of benzene rings is 3. The van der Waals surface area contributed by atoms with Crippen LogP contribution < -0.4 is 10.1 Å². The molecule has 3 aromatic rings. The average molecular weight is 507 g/mol. The summed E-state index contributed by atoms with van der Waals surface area (Å²) in [5, 5.41) is 3.61. The first-order valence-corrected chi connectivity index (χ1v) is 12.8. The molecule has 0 bridgehead atoms. The lowest BCUT2D eigenvalue weighted by molar-refractivity contribution is -0.141. The normalized spacial score (nSPS) is 11.7. The SMILES string of the molecule is CC(C)CNC(=O)[C@@H](Cc1ccccc1)N(Cc1ccccc1Cl)C(=O)CCCOc1ccccc1. The van der Waals surface area contributed by atoms with E-state index in [1.807, 2.05) is 92.7 Å². The molecule has 0 heterocycles. The fraction of sp³-hybridized carbons (Fsp3) is 0.333. The Hall–Kier alpha value is -3.31. The summed E-state index contributed by atoms with van der Waals surface area (Å²) in [6, 6.07) is 26.1. The number of hydrogen-bond donors (Lipinski definition) is 1. The first-order valence-electron chi connectivity index (χ1n) is 12.5. The highest BCUT2D eigenvalue weighted by atomic mass is 35.5. The minimum absolute atomic E-state index is 0.104. The molecule has 0 fully saturated rings. The van der Waals surface area contributed by atoms with Crippen molar-refractivity contribution in [1.82, 2.24) is 10.2 Å². The third-order valence-electron chi connectivity index (χ3n) is 5.80. The van der Waals surface area contributed by atoms with Gasteiger partial charge in [-0.3, -0.25) is 9.59 Å². The zero-order chi connectivity index (χ0) is 25.8. The Balaban J connectivity index is 1.80. The average Bonchev–Trinajstić information content (AvgIpc) is 2.89. The van der Waals surface area contributed by atoms with Gasteiger partial charge in [0.15, 0.2) is 0 Å². The van der Waals surface area contributed by atoms with Crippen LogP contribution in [0.1, 0.15) is 37.8 Å². The third-order valence-corrected chi connectivity index (χ3v) is 6.17. The highest BCUT2D eigenvalue weighted by molar-refractivity contribution is 6.31. The van der Waals surface area contributed by atoms with Gasteiger partial charge in [-0.1, -0.05) is 92.2 Å². The topological polar surface area (TPSA) is 58.6 Å². The van der Waals surface area contributed by atoms with Crippen LogP contribution in [0.25, 0.3) is 0 Å². The molecule has 0 saturated heterocycles. The lowest BCUT2D eigenvalue weighted by atomic mass is 10.0. The van der Waals surface area contributed by atoms with Gasteiger partial charge in [-0.2, -0.15) is 0 Å². The molecular formula is C30H35ClN2O3. The fourth-order valence-electron chi connectivity index (χ4n) is 3.86. The lowest BCUT2D eigenvalue weighted by Crippen LogP contribution is -2.51. The summed E-state index contributed by atoms with van der Waals surface area (Å²) in [6.45, 7) is 5.31. The molecule has 36 heavy (non-hydrogen) atoms. The van der Waals surface area contributed by atoms with Crippen molar-refractivity contribution < 1.29 is 14.3 Å². The van der Waals surface area contributed by atoms with Gasteiger partial charge in [0.05, 0.1) is 6.61 Å². The van der Waals surface area contributed by atoms with Gasteiger partial charge < -0.3 is 15.0 Å². The number of halogens is 1. The number of nitrogens with one attached hydrogen (secondary N) is 1. The summed E-state index contributed by atoms with van der Waals surface area (Å²) in [4.78, 5) is 28.7. The van der Waals surface area contributed by atoms with Gasteiger partial charge in [-0.05, 0) is 41.7 Å². The van der Waals surface area contributed by atoms with Crippen molar-refractivity contribution in [1.29, 1.82) is 0 Å². The van der Waals surface area contributed by atoms with Gasteiger partial charge in [0.1, 0.15) is 11.8 Å². The van der Waals surface area contributed by atoms with Gasteiger partial charge in [0, 0.05) is 31.0 Å². The molecule has 1 atom stereocenters.